The molecule has 0 aliphatic carbocycles. The lowest BCUT2D eigenvalue weighted by atomic mass is 10.1. The Kier molecular flexibility index (Phi) is 2.34. The van der Waals surface area contributed by atoms with Gasteiger partial charge < -0.3 is 10.2 Å². The smallest absolute Gasteiger partial charge is 0.410 e. The maximum absolute atomic E-state index is 13.6. The first-order chi connectivity index (χ1) is 6.31. The number of hydrogen-bond donors (Lipinski definition) is 2. The second-order valence-corrected chi connectivity index (χ2v) is 3.18. The summed E-state index contributed by atoms with van der Waals surface area (Å²) in [5.74, 6) is -5.57. The maximum atomic E-state index is 13.6. The molecule has 0 aromatic carbocycles. The van der Waals surface area contributed by atoms with E-state index in [1.807, 2.05) is 0 Å². The average molecular weight is 209 g/mol. The van der Waals surface area contributed by atoms with E-state index >= 15 is 0 Å². The van der Waals surface area contributed by atoms with Crippen LogP contribution in [0.3, 0.4) is 0 Å². The molecule has 0 bridgehead atoms. The van der Waals surface area contributed by atoms with Crippen molar-refractivity contribution in [3.05, 3.63) is 0 Å². The van der Waals surface area contributed by atoms with Crippen molar-refractivity contribution in [2.45, 2.75) is 31.4 Å². The van der Waals surface area contributed by atoms with Gasteiger partial charge in [0.05, 0.1) is 0 Å². The summed E-state index contributed by atoms with van der Waals surface area (Å²) < 4.78 is 26.6. The van der Waals surface area contributed by atoms with Gasteiger partial charge in [-0.05, 0) is 6.92 Å². The highest BCUT2D eigenvalue weighted by Gasteiger charge is 2.62. The third-order valence-electron chi connectivity index (χ3n) is 2.26. The minimum atomic E-state index is -3.45. The van der Waals surface area contributed by atoms with Crippen LogP contribution in [0.5, 0.6) is 0 Å². The monoisotopic (exact) mass is 209 g/mol. The topological polar surface area (TPSA) is 77.8 Å². The Morgan fingerprint density at radius 2 is 2.00 bits per heavy atom. The van der Waals surface area contributed by atoms with E-state index in [-0.39, 0.29) is 4.90 Å². The second kappa shape index (κ2) is 3.07. The zero-order chi connectivity index (χ0) is 11.1. The zero-order valence-electron chi connectivity index (χ0n) is 7.28. The maximum Gasteiger partial charge on any atom is 0.410 e. The van der Waals surface area contributed by atoms with E-state index in [2.05, 4.69) is 0 Å². The van der Waals surface area contributed by atoms with Crippen molar-refractivity contribution in [1.29, 1.82) is 0 Å². The molecule has 80 valence electrons. The summed E-state index contributed by atoms with van der Waals surface area (Å²) in [4.78, 5) is 21.0. The molecular formula is C7H9F2NO4. The van der Waals surface area contributed by atoms with Crippen LogP contribution in [0.4, 0.5) is 13.6 Å². The molecule has 1 heterocycles. The zero-order valence-corrected chi connectivity index (χ0v) is 7.28. The molecule has 1 rings (SSSR count). The van der Waals surface area contributed by atoms with E-state index in [4.69, 9.17) is 10.2 Å². The van der Waals surface area contributed by atoms with Crippen molar-refractivity contribution >= 4 is 12.1 Å². The van der Waals surface area contributed by atoms with Crippen LogP contribution in [0.1, 0.15) is 13.3 Å². The van der Waals surface area contributed by atoms with Crippen LogP contribution in [-0.2, 0) is 4.79 Å². The van der Waals surface area contributed by atoms with Crippen LogP contribution in [-0.4, -0.2) is 45.2 Å². The van der Waals surface area contributed by atoms with Gasteiger partial charge in [0.2, 0.25) is 0 Å². The number of likely N-dealkylation sites (tertiary alicyclic amines) is 1. The van der Waals surface area contributed by atoms with Gasteiger partial charge >= 0.3 is 17.9 Å². The fourth-order valence-electron chi connectivity index (χ4n) is 1.60. The van der Waals surface area contributed by atoms with Gasteiger partial charge in [-0.25, -0.2) is 18.4 Å². The summed E-state index contributed by atoms with van der Waals surface area (Å²) in [7, 11) is 0. The molecule has 0 spiro atoms. The number of carbonyl (C=O) groups is 2. The third-order valence-corrected chi connectivity index (χ3v) is 2.26. The predicted octanol–water partition coefficient (Wildman–Crippen LogP) is 0.847. The van der Waals surface area contributed by atoms with Crippen molar-refractivity contribution in [3.63, 3.8) is 0 Å². The number of rotatable bonds is 1. The number of alkyl halides is 2. The summed E-state index contributed by atoms with van der Waals surface area (Å²) in [5.41, 5.74) is 0. The molecule has 0 aromatic heterocycles. The molecule has 0 radical (unpaired) electrons. The van der Waals surface area contributed by atoms with Crippen LogP contribution in [0.25, 0.3) is 0 Å². The molecule has 1 amide bonds. The molecule has 1 unspecified atom stereocenters. The number of carboxylic acids is 1. The van der Waals surface area contributed by atoms with Crippen LogP contribution < -0.4 is 0 Å². The quantitative estimate of drug-likeness (QED) is 0.627. The van der Waals surface area contributed by atoms with Crippen LogP contribution in [0.2, 0.25) is 0 Å². The fourth-order valence-corrected chi connectivity index (χ4v) is 1.60. The second-order valence-electron chi connectivity index (χ2n) is 3.18. The van der Waals surface area contributed by atoms with Gasteiger partial charge in [0.25, 0.3) is 0 Å². The molecule has 5 nitrogen and oxygen atoms in total. The molecule has 14 heavy (non-hydrogen) atoms. The lowest BCUT2D eigenvalue weighted by Gasteiger charge is -2.27. The van der Waals surface area contributed by atoms with Gasteiger partial charge in [-0.3, -0.25) is 4.90 Å². The summed E-state index contributed by atoms with van der Waals surface area (Å²) in [5, 5.41) is 17.0. The van der Waals surface area contributed by atoms with Gasteiger partial charge in [0.15, 0.2) is 6.17 Å². The van der Waals surface area contributed by atoms with Crippen LogP contribution in [0.15, 0.2) is 0 Å². The Bertz CT molecular complexity index is 285. The first kappa shape index (κ1) is 10.7. The standard InChI is InChI=1S/C7H9F2NO4/c1-3-2-4(8)7(9,5(11)12)10(3)6(13)14/h3-4H,2H2,1H3,(H,11,12)(H,13,14)/t3-,4+,7?/m1/s1. The molecule has 1 aliphatic heterocycles. The lowest BCUT2D eigenvalue weighted by molar-refractivity contribution is -0.167. The Hall–Kier alpha value is -1.40. The summed E-state index contributed by atoms with van der Waals surface area (Å²) in [6, 6.07) is -0.983. The van der Waals surface area contributed by atoms with Gasteiger partial charge in [-0.15, -0.1) is 0 Å². The Morgan fingerprint density at radius 1 is 1.50 bits per heavy atom. The minimum Gasteiger partial charge on any atom is -0.477 e. The average Bonchev–Trinajstić information content (AvgIpc) is 2.23. The number of amides is 1. The van der Waals surface area contributed by atoms with Crippen molar-refractivity contribution in [2.75, 3.05) is 0 Å². The highest BCUT2D eigenvalue weighted by molar-refractivity contribution is 5.84. The van der Waals surface area contributed by atoms with Crippen molar-refractivity contribution in [1.82, 2.24) is 4.90 Å². The highest BCUT2D eigenvalue weighted by Crippen LogP contribution is 2.37. The van der Waals surface area contributed by atoms with Crippen LogP contribution >= 0.6 is 0 Å². The number of hydrogen-bond acceptors (Lipinski definition) is 2. The number of aliphatic carboxylic acids is 1. The highest BCUT2D eigenvalue weighted by atomic mass is 19.2. The first-order valence-electron chi connectivity index (χ1n) is 3.90. The van der Waals surface area contributed by atoms with Gasteiger partial charge in [0.1, 0.15) is 0 Å². The summed E-state index contributed by atoms with van der Waals surface area (Å²) >= 11 is 0. The Labute approximate surface area is 77.9 Å². The van der Waals surface area contributed by atoms with E-state index in [1.54, 1.807) is 0 Å². The van der Waals surface area contributed by atoms with Crippen molar-refractivity contribution < 1.29 is 28.6 Å². The largest absolute Gasteiger partial charge is 0.477 e. The SMILES string of the molecule is C[C@@H]1C[C@H](F)C(F)(C(=O)O)N1C(=O)O. The molecule has 3 atom stereocenters. The normalized spacial score (nSPS) is 37.2. The van der Waals surface area contributed by atoms with Crippen molar-refractivity contribution in [2.24, 2.45) is 0 Å². The summed E-state index contributed by atoms with van der Waals surface area (Å²) in [6.07, 6.45) is -4.55. The number of carboxylic acid groups (broad SMARTS) is 2. The fraction of sp³-hybridized carbons (Fsp3) is 0.714. The van der Waals surface area contributed by atoms with E-state index in [9.17, 15) is 18.4 Å². The van der Waals surface area contributed by atoms with Gasteiger partial charge in [-0.2, -0.15) is 0 Å². The van der Waals surface area contributed by atoms with E-state index in [1.165, 1.54) is 6.92 Å². The number of halogens is 2. The minimum absolute atomic E-state index is 0. The molecule has 1 fully saturated rings. The first-order valence-corrected chi connectivity index (χ1v) is 3.90. The van der Waals surface area contributed by atoms with E-state index in [0.717, 1.165) is 0 Å². The molecule has 2 N–H and O–H groups in total. The predicted molar refractivity (Wildman–Crippen MR) is 40.3 cm³/mol. The molecule has 1 aliphatic rings. The van der Waals surface area contributed by atoms with E-state index < -0.39 is 36.5 Å². The third kappa shape index (κ3) is 1.19. The lowest BCUT2D eigenvalue weighted by Crippen LogP contribution is -2.55. The van der Waals surface area contributed by atoms with Gasteiger partial charge in [-0.1, -0.05) is 0 Å². The van der Waals surface area contributed by atoms with Crippen molar-refractivity contribution in [3.8, 4) is 0 Å². The summed E-state index contributed by atoms with van der Waals surface area (Å²) in [6.45, 7) is 1.25. The van der Waals surface area contributed by atoms with Crippen LogP contribution in [0, 0.1) is 0 Å². The van der Waals surface area contributed by atoms with Gasteiger partial charge in [0, 0.05) is 12.5 Å². The Morgan fingerprint density at radius 3 is 2.29 bits per heavy atom. The molecular weight excluding hydrogens is 200 g/mol. The number of nitrogens with zero attached hydrogens (tertiary/aromatic N) is 1. The molecule has 7 heteroatoms. The molecule has 1 saturated heterocycles. The Balaban J connectivity index is 3.12. The van der Waals surface area contributed by atoms with E-state index in [0.29, 0.717) is 0 Å². The molecule has 0 saturated carbocycles. The molecule has 0 aromatic rings.